The lowest BCUT2D eigenvalue weighted by molar-refractivity contribution is 0.0953. The largest absolute Gasteiger partial charge is 0.352 e. The SMILES string of the molecule is CCCCCC=CCC=CCC=CCC=CCCCCNC(=O)c1ccc(CC)cc1. The predicted octanol–water partition coefficient (Wildman–Crippen LogP) is 8.12. The zero-order valence-electron chi connectivity index (χ0n) is 19.8. The normalized spacial score (nSPS) is 12.1. The number of rotatable bonds is 17. The molecule has 1 rings (SSSR count). The first-order chi connectivity index (χ1) is 15.3. The Labute approximate surface area is 191 Å². The van der Waals surface area contributed by atoms with Crippen molar-refractivity contribution in [2.45, 2.75) is 84.5 Å². The van der Waals surface area contributed by atoms with E-state index in [1.54, 1.807) is 0 Å². The maximum atomic E-state index is 12.1. The van der Waals surface area contributed by atoms with Gasteiger partial charge in [-0.2, -0.15) is 0 Å². The van der Waals surface area contributed by atoms with Crippen molar-refractivity contribution in [1.29, 1.82) is 0 Å². The molecule has 1 amide bonds. The fourth-order valence-corrected chi connectivity index (χ4v) is 3.14. The zero-order chi connectivity index (χ0) is 22.4. The molecular formula is C29H43NO. The van der Waals surface area contributed by atoms with Crippen molar-refractivity contribution in [1.82, 2.24) is 5.32 Å². The van der Waals surface area contributed by atoms with Gasteiger partial charge in [-0.15, -0.1) is 0 Å². The van der Waals surface area contributed by atoms with Gasteiger partial charge in [0.25, 0.3) is 5.91 Å². The van der Waals surface area contributed by atoms with E-state index in [0.717, 1.165) is 57.1 Å². The molecule has 0 fully saturated rings. The van der Waals surface area contributed by atoms with Crippen LogP contribution in [0.4, 0.5) is 0 Å². The minimum Gasteiger partial charge on any atom is -0.352 e. The third-order valence-corrected chi connectivity index (χ3v) is 5.17. The van der Waals surface area contributed by atoms with E-state index in [9.17, 15) is 4.79 Å². The summed E-state index contributed by atoms with van der Waals surface area (Å²) in [5, 5.41) is 3.01. The van der Waals surface area contributed by atoms with Crippen LogP contribution in [0.1, 0.15) is 94.0 Å². The molecular weight excluding hydrogens is 378 g/mol. The molecule has 2 heteroatoms. The average molecular weight is 422 g/mol. The van der Waals surface area contributed by atoms with E-state index in [-0.39, 0.29) is 5.91 Å². The Bertz CT molecular complexity index is 679. The number of carbonyl (C=O) groups excluding carboxylic acids is 1. The monoisotopic (exact) mass is 421 g/mol. The Morgan fingerprint density at radius 2 is 1.23 bits per heavy atom. The molecule has 2 nitrogen and oxygen atoms in total. The molecule has 0 saturated heterocycles. The molecule has 0 atom stereocenters. The van der Waals surface area contributed by atoms with Gasteiger partial charge in [0, 0.05) is 12.1 Å². The molecule has 0 bridgehead atoms. The highest BCUT2D eigenvalue weighted by molar-refractivity contribution is 5.94. The Balaban J connectivity index is 1.96. The van der Waals surface area contributed by atoms with Crippen LogP contribution >= 0.6 is 0 Å². The van der Waals surface area contributed by atoms with Crippen molar-refractivity contribution < 1.29 is 4.79 Å². The fourth-order valence-electron chi connectivity index (χ4n) is 3.14. The van der Waals surface area contributed by atoms with Gasteiger partial charge in [0.2, 0.25) is 0 Å². The van der Waals surface area contributed by atoms with E-state index in [1.807, 2.05) is 24.3 Å². The van der Waals surface area contributed by atoms with Crippen LogP contribution in [0.25, 0.3) is 0 Å². The molecule has 170 valence electrons. The van der Waals surface area contributed by atoms with E-state index in [1.165, 1.54) is 31.2 Å². The van der Waals surface area contributed by atoms with Crippen molar-refractivity contribution in [3.8, 4) is 0 Å². The van der Waals surface area contributed by atoms with Crippen LogP contribution in [0.15, 0.2) is 72.9 Å². The van der Waals surface area contributed by atoms with E-state index >= 15 is 0 Å². The van der Waals surface area contributed by atoms with Gasteiger partial charge in [-0.3, -0.25) is 4.79 Å². The molecule has 1 aromatic carbocycles. The molecule has 1 aromatic rings. The number of hydrogen-bond donors (Lipinski definition) is 1. The summed E-state index contributed by atoms with van der Waals surface area (Å²) < 4.78 is 0. The molecule has 0 unspecified atom stereocenters. The second-order valence-electron chi connectivity index (χ2n) is 7.89. The molecule has 0 aliphatic carbocycles. The highest BCUT2D eigenvalue weighted by atomic mass is 16.1. The molecule has 0 aliphatic heterocycles. The molecule has 0 saturated carbocycles. The summed E-state index contributed by atoms with van der Waals surface area (Å²) >= 11 is 0. The Kier molecular flexibility index (Phi) is 16.9. The van der Waals surface area contributed by atoms with Crippen molar-refractivity contribution in [3.63, 3.8) is 0 Å². The third kappa shape index (κ3) is 15.2. The van der Waals surface area contributed by atoms with Gasteiger partial charge < -0.3 is 5.32 Å². The highest BCUT2D eigenvalue weighted by Gasteiger charge is 2.03. The van der Waals surface area contributed by atoms with E-state index < -0.39 is 0 Å². The highest BCUT2D eigenvalue weighted by Crippen LogP contribution is 2.05. The summed E-state index contributed by atoms with van der Waals surface area (Å²) in [5.41, 5.74) is 2.01. The lowest BCUT2D eigenvalue weighted by Crippen LogP contribution is -2.24. The summed E-state index contributed by atoms with van der Waals surface area (Å²) in [6, 6.07) is 7.87. The summed E-state index contributed by atoms with van der Waals surface area (Å²) in [6.07, 6.45) is 30.4. The van der Waals surface area contributed by atoms with E-state index in [4.69, 9.17) is 0 Å². The maximum Gasteiger partial charge on any atom is 0.251 e. The average Bonchev–Trinajstić information content (AvgIpc) is 2.80. The van der Waals surface area contributed by atoms with Crippen LogP contribution in [-0.4, -0.2) is 12.5 Å². The number of amides is 1. The summed E-state index contributed by atoms with van der Waals surface area (Å²) in [4.78, 5) is 12.1. The lowest BCUT2D eigenvalue weighted by atomic mass is 10.1. The van der Waals surface area contributed by atoms with Crippen LogP contribution in [0.3, 0.4) is 0 Å². The van der Waals surface area contributed by atoms with Crippen LogP contribution in [0.5, 0.6) is 0 Å². The number of allylic oxidation sites excluding steroid dienone is 8. The number of unbranched alkanes of at least 4 members (excludes halogenated alkanes) is 5. The van der Waals surface area contributed by atoms with Crippen molar-refractivity contribution >= 4 is 5.91 Å². The standard InChI is InChI=1S/C29H43NO/c1-3-5-6-7-8-9-10-11-12-13-14-15-16-17-18-19-20-21-26-30-29(31)28-24-22-27(4-2)23-25-28/h8-9,11-12,14-15,17-18,22-25H,3-7,10,13,16,19-21,26H2,1-2H3,(H,30,31). The molecule has 0 heterocycles. The Morgan fingerprint density at radius 1 is 0.710 bits per heavy atom. The summed E-state index contributed by atoms with van der Waals surface area (Å²) in [6.45, 7) is 5.10. The minimum atomic E-state index is 0.0281. The van der Waals surface area contributed by atoms with Crippen LogP contribution < -0.4 is 5.32 Å². The van der Waals surface area contributed by atoms with Gasteiger partial charge in [0.1, 0.15) is 0 Å². The molecule has 31 heavy (non-hydrogen) atoms. The Hall–Kier alpha value is -2.35. The molecule has 0 aromatic heterocycles. The topological polar surface area (TPSA) is 29.1 Å². The summed E-state index contributed by atoms with van der Waals surface area (Å²) in [7, 11) is 0. The number of benzene rings is 1. The van der Waals surface area contributed by atoms with Gasteiger partial charge in [0.05, 0.1) is 0 Å². The quantitative estimate of drug-likeness (QED) is 0.200. The molecule has 0 aliphatic rings. The van der Waals surface area contributed by atoms with Crippen LogP contribution in [0.2, 0.25) is 0 Å². The summed E-state index contributed by atoms with van der Waals surface area (Å²) in [5.74, 6) is 0.0281. The second kappa shape index (κ2) is 19.6. The van der Waals surface area contributed by atoms with Crippen LogP contribution in [-0.2, 0) is 6.42 Å². The van der Waals surface area contributed by atoms with Crippen LogP contribution in [0, 0.1) is 0 Å². The molecule has 0 radical (unpaired) electrons. The predicted molar refractivity (Wildman–Crippen MR) is 137 cm³/mol. The van der Waals surface area contributed by atoms with Crippen molar-refractivity contribution in [2.75, 3.05) is 6.54 Å². The smallest absolute Gasteiger partial charge is 0.251 e. The van der Waals surface area contributed by atoms with Crippen molar-refractivity contribution in [3.05, 3.63) is 84.0 Å². The number of aryl methyl sites for hydroxylation is 1. The minimum absolute atomic E-state index is 0.0281. The maximum absolute atomic E-state index is 12.1. The number of nitrogens with one attached hydrogen (secondary N) is 1. The molecule has 0 spiro atoms. The Morgan fingerprint density at radius 3 is 1.74 bits per heavy atom. The first kappa shape index (κ1) is 26.7. The first-order valence-corrected chi connectivity index (χ1v) is 12.2. The number of carbonyl (C=O) groups is 1. The van der Waals surface area contributed by atoms with Gasteiger partial charge in [-0.1, -0.05) is 87.4 Å². The van der Waals surface area contributed by atoms with E-state index in [2.05, 4.69) is 67.8 Å². The number of hydrogen-bond acceptors (Lipinski definition) is 1. The molecule has 1 N–H and O–H groups in total. The van der Waals surface area contributed by atoms with Gasteiger partial charge in [0.15, 0.2) is 0 Å². The fraction of sp³-hybridized carbons (Fsp3) is 0.483. The second-order valence-corrected chi connectivity index (χ2v) is 7.89. The van der Waals surface area contributed by atoms with Gasteiger partial charge in [-0.25, -0.2) is 0 Å². The van der Waals surface area contributed by atoms with Crippen molar-refractivity contribution in [2.24, 2.45) is 0 Å². The van der Waals surface area contributed by atoms with Gasteiger partial charge >= 0.3 is 0 Å². The zero-order valence-corrected chi connectivity index (χ0v) is 19.8. The lowest BCUT2D eigenvalue weighted by Gasteiger charge is -2.05. The third-order valence-electron chi connectivity index (χ3n) is 5.17. The van der Waals surface area contributed by atoms with E-state index in [0.29, 0.717) is 0 Å². The first-order valence-electron chi connectivity index (χ1n) is 12.2. The van der Waals surface area contributed by atoms with Gasteiger partial charge in [-0.05, 0) is 75.5 Å².